The maximum Gasteiger partial charge on any atom is 0.307 e. The topological polar surface area (TPSA) is 95.5 Å². The van der Waals surface area contributed by atoms with E-state index >= 15 is 0 Å². The van der Waals surface area contributed by atoms with Gasteiger partial charge in [-0.1, -0.05) is 12.2 Å². The van der Waals surface area contributed by atoms with E-state index in [2.05, 4.69) is 10.6 Å². The number of rotatable bonds is 5. The third-order valence-corrected chi connectivity index (χ3v) is 8.09. The van der Waals surface area contributed by atoms with Crippen LogP contribution in [0.1, 0.15) is 59.3 Å². The van der Waals surface area contributed by atoms with Gasteiger partial charge in [0.05, 0.1) is 17.4 Å². The third kappa shape index (κ3) is 3.39. The van der Waals surface area contributed by atoms with E-state index in [-0.39, 0.29) is 29.7 Å². The Balaban J connectivity index is 1.44. The van der Waals surface area contributed by atoms with Crippen LogP contribution in [0.4, 0.5) is 5.00 Å². The second kappa shape index (κ2) is 7.27. The molecule has 0 aromatic carbocycles. The minimum atomic E-state index is -0.902. The largest absolute Gasteiger partial charge is 0.481 e. The van der Waals surface area contributed by atoms with E-state index in [0.717, 1.165) is 56.9 Å². The standard InChI is InChI=1S/C22H26N2O4S/c25-19(16-11-5-7-12(8-6-11)17(16)22(27)28)24-21-18(20(26)23-13-9-10-13)14-3-1-2-4-15(14)29-21/h5,7,11-13,16-17H,1-4,6,8-10H2,(H,23,26)(H,24,25)(H,27,28)/t11-,12+,16-,17-/m0/s1. The van der Waals surface area contributed by atoms with Crippen molar-refractivity contribution in [2.75, 3.05) is 5.32 Å². The average Bonchev–Trinajstić information content (AvgIpc) is 3.45. The van der Waals surface area contributed by atoms with Crippen molar-refractivity contribution in [2.45, 2.75) is 57.4 Å². The van der Waals surface area contributed by atoms with Crippen molar-refractivity contribution in [3.63, 3.8) is 0 Å². The summed E-state index contributed by atoms with van der Waals surface area (Å²) in [5, 5.41) is 16.4. The second-order valence-electron chi connectivity index (χ2n) is 8.83. The maximum atomic E-state index is 13.3. The maximum absolute atomic E-state index is 13.3. The number of allylic oxidation sites excluding steroid dienone is 2. The van der Waals surface area contributed by atoms with Gasteiger partial charge in [-0.25, -0.2) is 0 Å². The van der Waals surface area contributed by atoms with E-state index in [1.807, 2.05) is 12.2 Å². The van der Waals surface area contributed by atoms with Crippen molar-refractivity contribution in [3.05, 3.63) is 28.2 Å². The Bertz CT molecular complexity index is 901. The summed E-state index contributed by atoms with van der Waals surface area (Å²) in [6.07, 6.45) is 11.6. The molecule has 1 heterocycles. The number of aliphatic carboxylic acids is 1. The van der Waals surface area contributed by atoms with Crippen LogP contribution in [0.3, 0.4) is 0 Å². The van der Waals surface area contributed by atoms with Crippen LogP contribution in [-0.2, 0) is 22.4 Å². The van der Waals surface area contributed by atoms with Crippen LogP contribution < -0.4 is 10.6 Å². The van der Waals surface area contributed by atoms with Crippen molar-refractivity contribution in [1.82, 2.24) is 5.32 Å². The number of thiophene rings is 1. The van der Waals surface area contributed by atoms with E-state index < -0.39 is 17.8 Å². The van der Waals surface area contributed by atoms with Crippen molar-refractivity contribution in [2.24, 2.45) is 23.7 Å². The molecule has 4 atom stereocenters. The van der Waals surface area contributed by atoms with Crippen LogP contribution in [0.5, 0.6) is 0 Å². The molecule has 6 nitrogen and oxygen atoms in total. The predicted molar refractivity (Wildman–Crippen MR) is 110 cm³/mol. The third-order valence-electron chi connectivity index (χ3n) is 6.88. The van der Waals surface area contributed by atoms with Crippen LogP contribution >= 0.6 is 11.3 Å². The number of aryl methyl sites for hydroxylation is 1. The van der Waals surface area contributed by atoms with E-state index in [9.17, 15) is 19.5 Å². The van der Waals surface area contributed by atoms with Crippen molar-refractivity contribution in [3.8, 4) is 0 Å². The SMILES string of the molecule is O=C(NC1CC1)c1c(NC(=O)[C@@H]2[C@@H](C(=O)O)[C@@H]3C=C[C@H]2CC3)sc2c1CCCC2. The fourth-order valence-corrected chi connectivity index (χ4v) is 6.55. The Morgan fingerprint density at radius 2 is 1.66 bits per heavy atom. The molecule has 0 aliphatic heterocycles. The van der Waals surface area contributed by atoms with E-state index in [0.29, 0.717) is 10.6 Å². The summed E-state index contributed by atoms with van der Waals surface area (Å²) in [6.45, 7) is 0. The highest BCUT2D eigenvalue weighted by Gasteiger charge is 2.48. The van der Waals surface area contributed by atoms with Crippen LogP contribution in [0.25, 0.3) is 0 Å². The molecule has 2 fully saturated rings. The normalized spacial score (nSPS) is 29.9. The van der Waals surface area contributed by atoms with Gasteiger partial charge in [-0.3, -0.25) is 14.4 Å². The highest BCUT2D eigenvalue weighted by Crippen LogP contribution is 2.46. The Morgan fingerprint density at radius 1 is 0.966 bits per heavy atom. The summed E-state index contributed by atoms with van der Waals surface area (Å²) in [5.41, 5.74) is 1.70. The first-order valence-corrected chi connectivity index (χ1v) is 11.5. The fourth-order valence-electron chi connectivity index (χ4n) is 5.26. The minimum absolute atomic E-state index is 0.0422. The molecule has 1 aromatic heterocycles. The molecule has 5 aliphatic rings. The molecule has 2 bridgehead atoms. The second-order valence-corrected chi connectivity index (χ2v) is 9.94. The monoisotopic (exact) mass is 414 g/mol. The van der Waals surface area contributed by atoms with Crippen LogP contribution in [0, 0.1) is 23.7 Å². The number of carboxylic acid groups (broad SMARTS) is 1. The molecule has 0 spiro atoms. The first-order chi connectivity index (χ1) is 14.0. The summed E-state index contributed by atoms with van der Waals surface area (Å²) in [7, 11) is 0. The number of carbonyl (C=O) groups excluding carboxylic acids is 2. The van der Waals surface area contributed by atoms with Crippen molar-refractivity contribution < 1.29 is 19.5 Å². The van der Waals surface area contributed by atoms with Gasteiger partial charge >= 0.3 is 5.97 Å². The lowest BCUT2D eigenvalue weighted by molar-refractivity contribution is -0.151. The lowest BCUT2D eigenvalue weighted by Gasteiger charge is -2.41. The summed E-state index contributed by atoms with van der Waals surface area (Å²) < 4.78 is 0. The van der Waals surface area contributed by atoms with Crippen LogP contribution in [-0.4, -0.2) is 28.9 Å². The number of amides is 2. The molecule has 0 unspecified atom stereocenters. The summed E-state index contributed by atoms with van der Waals surface area (Å²) in [6, 6.07) is 0.251. The Labute approximate surface area is 173 Å². The van der Waals surface area contributed by atoms with E-state index in [1.54, 1.807) is 0 Å². The lowest BCUT2D eigenvalue weighted by Crippen LogP contribution is -2.47. The van der Waals surface area contributed by atoms with Gasteiger partial charge in [-0.05, 0) is 68.8 Å². The van der Waals surface area contributed by atoms with E-state index in [1.165, 1.54) is 16.2 Å². The molecular weight excluding hydrogens is 388 g/mol. The zero-order valence-corrected chi connectivity index (χ0v) is 17.1. The Kier molecular flexibility index (Phi) is 4.73. The van der Waals surface area contributed by atoms with Gasteiger partial charge in [-0.2, -0.15) is 0 Å². The Morgan fingerprint density at radius 3 is 2.31 bits per heavy atom. The summed E-state index contributed by atoms with van der Waals surface area (Å²) in [4.78, 5) is 39.3. The van der Waals surface area contributed by atoms with E-state index in [4.69, 9.17) is 0 Å². The van der Waals surface area contributed by atoms with Gasteiger partial charge in [0.2, 0.25) is 5.91 Å². The molecule has 154 valence electrons. The van der Waals surface area contributed by atoms with Gasteiger partial charge in [0.1, 0.15) is 5.00 Å². The fraction of sp³-hybridized carbons (Fsp3) is 0.591. The number of carboxylic acids is 1. The number of hydrogen-bond acceptors (Lipinski definition) is 4. The molecule has 7 heteroatoms. The summed E-state index contributed by atoms with van der Waals surface area (Å²) in [5.74, 6) is -2.63. The quantitative estimate of drug-likeness (QED) is 0.644. The summed E-state index contributed by atoms with van der Waals surface area (Å²) >= 11 is 1.50. The molecule has 2 amide bonds. The Hall–Kier alpha value is -2.15. The zero-order chi connectivity index (χ0) is 20.1. The van der Waals surface area contributed by atoms with Gasteiger partial charge < -0.3 is 15.7 Å². The molecule has 0 radical (unpaired) electrons. The van der Waals surface area contributed by atoms with Crippen molar-refractivity contribution >= 4 is 34.1 Å². The smallest absolute Gasteiger partial charge is 0.307 e. The number of anilines is 1. The van der Waals surface area contributed by atoms with Gasteiger partial charge in [-0.15, -0.1) is 11.3 Å². The first kappa shape index (κ1) is 18.9. The molecule has 3 N–H and O–H groups in total. The van der Waals surface area contributed by atoms with Gasteiger partial charge in [0, 0.05) is 10.9 Å². The van der Waals surface area contributed by atoms with Crippen molar-refractivity contribution in [1.29, 1.82) is 0 Å². The van der Waals surface area contributed by atoms with Gasteiger partial charge in [0.25, 0.3) is 5.91 Å². The molecule has 29 heavy (non-hydrogen) atoms. The molecule has 6 rings (SSSR count). The number of carbonyl (C=O) groups is 3. The highest BCUT2D eigenvalue weighted by atomic mass is 32.1. The highest BCUT2D eigenvalue weighted by molar-refractivity contribution is 7.17. The first-order valence-electron chi connectivity index (χ1n) is 10.7. The molecule has 0 saturated heterocycles. The van der Waals surface area contributed by atoms with Gasteiger partial charge in [0.15, 0.2) is 0 Å². The molecule has 1 aromatic rings. The zero-order valence-electron chi connectivity index (χ0n) is 16.3. The van der Waals surface area contributed by atoms with Crippen LogP contribution in [0.15, 0.2) is 12.2 Å². The average molecular weight is 415 g/mol. The number of fused-ring (bicyclic) bond motifs is 3. The molecular formula is C22H26N2O4S. The molecule has 2 saturated carbocycles. The lowest BCUT2D eigenvalue weighted by atomic mass is 9.62. The molecule has 5 aliphatic carbocycles. The number of hydrogen-bond donors (Lipinski definition) is 3. The number of nitrogens with one attached hydrogen (secondary N) is 2. The van der Waals surface area contributed by atoms with Crippen LogP contribution in [0.2, 0.25) is 0 Å². The predicted octanol–water partition coefficient (Wildman–Crippen LogP) is 3.37. The minimum Gasteiger partial charge on any atom is -0.481 e.